The molecule has 3 rings (SSSR count). The second-order valence-corrected chi connectivity index (χ2v) is 5.85. The largest absolute Gasteiger partial charge is 0.299 e. The van der Waals surface area contributed by atoms with Crippen molar-refractivity contribution in [3.63, 3.8) is 0 Å². The molecule has 1 fully saturated rings. The summed E-state index contributed by atoms with van der Waals surface area (Å²) in [4.78, 5) is 2.19. The molecule has 1 aliphatic heterocycles. The summed E-state index contributed by atoms with van der Waals surface area (Å²) >= 11 is 0. The average molecular weight is 291 g/mol. The molecule has 0 spiro atoms. The van der Waals surface area contributed by atoms with Crippen LogP contribution in [0.3, 0.4) is 0 Å². The molecule has 1 aliphatic rings. The van der Waals surface area contributed by atoms with E-state index in [0.29, 0.717) is 18.0 Å². The number of benzene rings is 1. The zero-order valence-corrected chi connectivity index (χ0v) is 12.1. The van der Waals surface area contributed by atoms with Crippen molar-refractivity contribution in [2.24, 2.45) is 13.0 Å². The smallest absolute Gasteiger partial charge is 0.127 e. The Balaban J connectivity index is 1.58. The van der Waals surface area contributed by atoms with Gasteiger partial charge in [-0.15, -0.1) is 0 Å². The molecule has 2 heterocycles. The van der Waals surface area contributed by atoms with Gasteiger partial charge in [-0.3, -0.25) is 9.58 Å². The van der Waals surface area contributed by atoms with E-state index in [1.165, 1.54) is 17.7 Å². The summed E-state index contributed by atoms with van der Waals surface area (Å²) < 4.78 is 28.7. The van der Waals surface area contributed by atoms with E-state index in [4.69, 9.17) is 0 Å². The summed E-state index contributed by atoms with van der Waals surface area (Å²) in [6, 6.07) is 3.66. The molecule has 0 amide bonds. The average Bonchev–Trinajstić information content (AvgIpc) is 3.04. The van der Waals surface area contributed by atoms with Crippen LogP contribution in [0.15, 0.2) is 30.6 Å². The molecule has 0 N–H and O–H groups in total. The standard InChI is InChI=1S/C16H19F2N3/c1-20-9-13(8-19-20)6-12-4-5-21(10-12)11-14-7-15(17)2-3-16(14)18/h2-3,7-9,12H,4-6,10-11H2,1H3. The number of likely N-dealkylation sites (tertiary alicyclic amines) is 1. The van der Waals surface area contributed by atoms with Gasteiger partial charge in [-0.25, -0.2) is 8.78 Å². The highest BCUT2D eigenvalue weighted by Crippen LogP contribution is 2.23. The topological polar surface area (TPSA) is 21.1 Å². The molecule has 1 unspecified atom stereocenters. The number of nitrogens with zero attached hydrogens (tertiary/aromatic N) is 3. The minimum absolute atomic E-state index is 0.327. The summed E-state index contributed by atoms with van der Waals surface area (Å²) in [5.74, 6) is -0.143. The van der Waals surface area contributed by atoms with Gasteiger partial charge in [0, 0.05) is 31.9 Å². The fourth-order valence-corrected chi connectivity index (χ4v) is 3.04. The van der Waals surface area contributed by atoms with Gasteiger partial charge in [-0.05, 0) is 49.1 Å². The van der Waals surface area contributed by atoms with Crippen LogP contribution in [0.1, 0.15) is 17.5 Å². The van der Waals surface area contributed by atoms with Crippen LogP contribution in [0.2, 0.25) is 0 Å². The summed E-state index contributed by atoms with van der Waals surface area (Å²) in [6.07, 6.45) is 6.02. The minimum atomic E-state index is -0.377. The number of rotatable bonds is 4. The Labute approximate surface area is 123 Å². The third-order valence-electron chi connectivity index (χ3n) is 4.05. The number of hydrogen-bond acceptors (Lipinski definition) is 2. The minimum Gasteiger partial charge on any atom is -0.299 e. The van der Waals surface area contributed by atoms with Gasteiger partial charge < -0.3 is 0 Å². The zero-order valence-electron chi connectivity index (χ0n) is 12.1. The molecule has 3 nitrogen and oxygen atoms in total. The first-order valence-corrected chi connectivity index (χ1v) is 7.24. The van der Waals surface area contributed by atoms with Crippen molar-refractivity contribution in [2.75, 3.05) is 13.1 Å². The Kier molecular flexibility index (Phi) is 4.01. The molecule has 1 aromatic carbocycles. The quantitative estimate of drug-likeness (QED) is 0.863. The first kappa shape index (κ1) is 14.2. The Morgan fingerprint density at radius 3 is 2.95 bits per heavy atom. The summed E-state index contributed by atoms with van der Waals surface area (Å²) in [5, 5.41) is 4.18. The van der Waals surface area contributed by atoms with E-state index < -0.39 is 0 Å². The molecule has 21 heavy (non-hydrogen) atoms. The Hall–Kier alpha value is -1.75. The van der Waals surface area contributed by atoms with Gasteiger partial charge >= 0.3 is 0 Å². The van der Waals surface area contributed by atoms with Crippen LogP contribution in [0, 0.1) is 17.6 Å². The van der Waals surface area contributed by atoms with Crippen LogP contribution in [0.4, 0.5) is 8.78 Å². The van der Waals surface area contributed by atoms with Gasteiger partial charge in [-0.1, -0.05) is 0 Å². The SMILES string of the molecule is Cn1cc(CC2CCN(Cc3cc(F)ccc3F)C2)cn1. The zero-order chi connectivity index (χ0) is 14.8. The predicted octanol–water partition coefficient (Wildman–Crippen LogP) is 2.76. The molecule has 0 saturated carbocycles. The molecule has 1 saturated heterocycles. The maximum Gasteiger partial charge on any atom is 0.127 e. The van der Waals surface area contributed by atoms with Crippen LogP contribution in [0.5, 0.6) is 0 Å². The lowest BCUT2D eigenvalue weighted by atomic mass is 10.0. The number of halogens is 2. The van der Waals surface area contributed by atoms with Crippen molar-refractivity contribution in [1.29, 1.82) is 0 Å². The molecule has 0 bridgehead atoms. The highest BCUT2D eigenvalue weighted by Gasteiger charge is 2.23. The lowest BCUT2D eigenvalue weighted by Crippen LogP contribution is -2.21. The third kappa shape index (κ3) is 3.47. The number of aromatic nitrogens is 2. The fourth-order valence-electron chi connectivity index (χ4n) is 3.04. The van der Waals surface area contributed by atoms with Gasteiger partial charge in [0.05, 0.1) is 6.20 Å². The van der Waals surface area contributed by atoms with E-state index in [2.05, 4.69) is 10.00 Å². The molecule has 2 aromatic rings. The molecule has 1 aromatic heterocycles. The van der Waals surface area contributed by atoms with Crippen LogP contribution in [-0.4, -0.2) is 27.8 Å². The maximum absolute atomic E-state index is 13.7. The molecular weight excluding hydrogens is 272 g/mol. The van der Waals surface area contributed by atoms with E-state index in [9.17, 15) is 8.78 Å². The Morgan fingerprint density at radius 2 is 2.19 bits per heavy atom. The summed E-state index contributed by atoms with van der Waals surface area (Å²) in [7, 11) is 1.91. The van der Waals surface area contributed by atoms with Crippen molar-refractivity contribution >= 4 is 0 Å². The van der Waals surface area contributed by atoms with E-state index in [-0.39, 0.29) is 11.6 Å². The molecule has 5 heteroatoms. The van der Waals surface area contributed by atoms with Crippen LogP contribution < -0.4 is 0 Å². The van der Waals surface area contributed by atoms with Crippen molar-refractivity contribution in [2.45, 2.75) is 19.4 Å². The molecule has 0 aliphatic carbocycles. The van der Waals surface area contributed by atoms with Gasteiger partial charge in [0.25, 0.3) is 0 Å². The summed E-state index contributed by atoms with van der Waals surface area (Å²) in [5.41, 5.74) is 1.68. The lowest BCUT2D eigenvalue weighted by Gasteiger charge is -2.16. The number of hydrogen-bond donors (Lipinski definition) is 0. The highest BCUT2D eigenvalue weighted by molar-refractivity contribution is 5.18. The van der Waals surface area contributed by atoms with E-state index in [1.807, 2.05) is 24.1 Å². The Bertz CT molecular complexity index is 624. The second kappa shape index (κ2) is 5.93. The van der Waals surface area contributed by atoms with Gasteiger partial charge in [0.2, 0.25) is 0 Å². The van der Waals surface area contributed by atoms with Crippen molar-refractivity contribution in [1.82, 2.24) is 14.7 Å². The second-order valence-electron chi connectivity index (χ2n) is 5.85. The van der Waals surface area contributed by atoms with Gasteiger partial charge in [0.15, 0.2) is 0 Å². The lowest BCUT2D eigenvalue weighted by molar-refractivity contribution is 0.310. The van der Waals surface area contributed by atoms with Crippen molar-refractivity contribution in [3.8, 4) is 0 Å². The maximum atomic E-state index is 13.7. The Morgan fingerprint density at radius 1 is 1.33 bits per heavy atom. The monoisotopic (exact) mass is 291 g/mol. The van der Waals surface area contributed by atoms with E-state index >= 15 is 0 Å². The fraction of sp³-hybridized carbons (Fsp3) is 0.438. The van der Waals surface area contributed by atoms with Crippen LogP contribution >= 0.6 is 0 Å². The first-order valence-electron chi connectivity index (χ1n) is 7.24. The molecular formula is C16H19F2N3. The van der Waals surface area contributed by atoms with Crippen LogP contribution in [-0.2, 0) is 20.0 Å². The summed E-state index contributed by atoms with van der Waals surface area (Å²) in [6.45, 7) is 2.33. The number of aryl methyl sites for hydroxylation is 1. The van der Waals surface area contributed by atoms with Gasteiger partial charge in [-0.2, -0.15) is 5.10 Å². The van der Waals surface area contributed by atoms with Crippen molar-refractivity contribution < 1.29 is 8.78 Å². The molecule has 0 radical (unpaired) electrons. The molecule has 112 valence electrons. The van der Waals surface area contributed by atoms with Gasteiger partial charge in [0.1, 0.15) is 11.6 Å². The van der Waals surface area contributed by atoms with Crippen molar-refractivity contribution in [3.05, 3.63) is 53.4 Å². The normalized spacial score (nSPS) is 19.3. The van der Waals surface area contributed by atoms with E-state index in [1.54, 1.807) is 0 Å². The first-order chi connectivity index (χ1) is 10.1. The third-order valence-corrected chi connectivity index (χ3v) is 4.05. The highest BCUT2D eigenvalue weighted by atomic mass is 19.1. The predicted molar refractivity (Wildman–Crippen MR) is 76.7 cm³/mol. The molecule has 1 atom stereocenters. The van der Waals surface area contributed by atoms with Crippen LogP contribution in [0.25, 0.3) is 0 Å². The van der Waals surface area contributed by atoms with E-state index in [0.717, 1.165) is 32.0 Å².